The lowest BCUT2D eigenvalue weighted by atomic mass is 9.99. The second kappa shape index (κ2) is 9.73. The van der Waals surface area contributed by atoms with Gasteiger partial charge in [-0.3, -0.25) is 9.59 Å². The first kappa shape index (κ1) is 17.9. The Morgan fingerprint density at radius 3 is 2.81 bits per heavy atom. The highest BCUT2D eigenvalue weighted by atomic mass is 16.5. The second-order valence-corrected chi connectivity index (χ2v) is 5.69. The quantitative estimate of drug-likeness (QED) is 0.535. The number of aliphatic hydroxyl groups is 1. The van der Waals surface area contributed by atoms with Gasteiger partial charge in [0.2, 0.25) is 0 Å². The molecule has 0 saturated carbocycles. The van der Waals surface area contributed by atoms with E-state index in [9.17, 15) is 9.59 Å². The molecule has 1 aliphatic heterocycles. The molecule has 6 heteroatoms. The van der Waals surface area contributed by atoms with Crippen molar-refractivity contribution >= 4 is 11.8 Å². The highest BCUT2D eigenvalue weighted by Crippen LogP contribution is 2.19. The maximum absolute atomic E-state index is 12.2. The lowest BCUT2D eigenvalue weighted by molar-refractivity contribution is -0.148. The second-order valence-electron chi connectivity index (χ2n) is 5.69. The van der Waals surface area contributed by atoms with E-state index in [1.54, 1.807) is 4.90 Å². The number of ether oxygens (including phenoxy) is 1. The molecule has 21 heavy (non-hydrogen) atoms. The van der Waals surface area contributed by atoms with Crippen molar-refractivity contribution in [3.05, 3.63) is 0 Å². The van der Waals surface area contributed by atoms with Crippen LogP contribution >= 0.6 is 0 Å². The number of aliphatic hydroxyl groups excluding tert-OH is 1. The van der Waals surface area contributed by atoms with Crippen LogP contribution in [-0.4, -0.2) is 60.3 Å². The Morgan fingerprint density at radius 1 is 1.38 bits per heavy atom. The van der Waals surface area contributed by atoms with Gasteiger partial charge < -0.3 is 20.1 Å². The van der Waals surface area contributed by atoms with Crippen LogP contribution in [0.3, 0.4) is 0 Å². The minimum atomic E-state index is -0.551. The molecular weight excluding hydrogens is 272 g/mol. The molecular formula is C15H28N2O4. The molecule has 6 nitrogen and oxygen atoms in total. The average molecular weight is 300 g/mol. The van der Waals surface area contributed by atoms with Crippen molar-refractivity contribution < 1.29 is 19.4 Å². The van der Waals surface area contributed by atoms with Gasteiger partial charge >= 0.3 is 11.8 Å². The Morgan fingerprint density at radius 2 is 2.14 bits per heavy atom. The summed E-state index contributed by atoms with van der Waals surface area (Å²) >= 11 is 0. The first-order valence-electron chi connectivity index (χ1n) is 7.87. The Labute approximate surface area is 126 Å². The van der Waals surface area contributed by atoms with Gasteiger partial charge in [0.05, 0.1) is 6.10 Å². The summed E-state index contributed by atoms with van der Waals surface area (Å²) < 4.78 is 5.38. The number of likely N-dealkylation sites (tertiary alicyclic amines) is 1. The predicted molar refractivity (Wildman–Crippen MR) is 79.8 cm³/mol. The smallest absolute Gasteiger partial charge is 0.312 e. The van der Waals surface area contributed by atoms with E-state index in [2.05, 4.69) is 5.32 Å². The number of nitrogens with zero attached hydrogens (tertiary/aromatic N) is 1. The molecule has 2 amide bonds. The molecule has 0 spiro atoms. The number of carbonyl (C=O) groups excluding carboxylic acids is 2. The molecule has 1 saturated heterocycles. The molecule has 1 aliphatic rings. The normalized spacial score (nSPS) is 18.9. The Balaban J connectivity index is 2.33. The molecule has 0 aromatic carbocycles. The molecule has 0 aliphatic carbocycles. The summed E-state index contributed by atoms with van der Waals surface area (Å²) in [5.41, 5.74) is 0. The van der Waals surface area contributed by atoms with Crippen LogP contribution in [0.1, 0.15) is 46.0 Å². The van der Waals surface area contributed by atoms with Crippen molar-refractivity contribution in [3.8, 4) is 0 Å². The van der Waals surface area contributed by atoms with Crippen LogP contribution in [0, 0.1) is 0 Å². The summed E-state index contributed by atoms with van der Waals surface area (Å²) in [6.45, 7) is 5.58. The summed E-state index contributed by atoms with van der Waals surface area (Å²) in [5.74, 6) is -1.03. The van der Waals surface area contributed by atoms with Crippen molar-refractivity contribution in [2.75, 3.05) is 26.3 Å². The van der Waals surface area contributed by atoms with Crippen LogP contribution in [0.15, 0.2) is 0 Å². The molecule has 1 rings (SSSR count). The zero-order chi connectivity index (χ0) is 15.7. The van der Waals surface area contributed by atoms with Gasteiger partial charge in [-0.15, -0.1) is 0 Å². The standard InChI is InChI=1S/C15H28N2O4/c1-12(2)21-11-5-8-16-14(19)15(20)17-9-4-3-6-13(17)7-10-18/h12-13,18H,3-11H2,1-2H3,(H,16,19). The lowest BCUT2D eigenvalue weighted by Gasteiger charge is -2.35. The number of amides is 2. The van der Waals surface area contributed by atoms with E-state index in [1.807, 2.05) is 13.8 Å². The van der Waals surface area contributed by atoms with E-state index in [4.69, 9.17) is 9.84 Å². The van der Waals surface area contributed by atoms with Crippen LogP contribution in [0.4, 0.5) is 0 Å². The first-order valence-corrected chi connectivity index (χ1v) is 7.87. The molecule has 0 aromatic heterocycles. The van der Waals surface area contributed by atoms with Crippen molar-refractivity contribution in [2.45, 2.75) is 58.1 Å². The van der Waals surface area contributed by atoms with E-state index in [-0.39, 0.29) is 18.8 Å². The van der Waals surface area contributed by atoms with Crippen LogP contribution < -0.4 is 5.32 Å². The molecule has 0 bridgehead atoms. The molecule has 1 fully saturated rings. The van der Waals surface area contributed by atoms with Gasteiger partial charge in [-0.2, -0.15) is 0 Å². The SMILES string of the molecule is CC(C)OCCCNC(=O)C(=O)N1CCCCC1CCO. The fraction of sp³-hybridized carbons (Fsp3) is 0.867. The average Bonchev–Trinajstić information content (AvgIpc) is 2.46. The van der Waals surface area contributed by atoms with E-state index >= 15 is 0 Å². The third kappa shape index (κ3) is 6.44. The lowest BCUT2D eigenvalue weighted by Crippen LogP contribution is -2.50. The summed E-state index contributed by atoms with van der Waals surface area (Å²) in [4.78, 5) is 25.7. The van der Waals surface area contributed by atoms with Crippen molar-refractivity contribution in [3.63, 3.8) is 0 Å². The maximum Gasteiger partial charge on any atom is 0.312 e. The number of carbonyl (C=O) groups is 2. The Hall–Kier alpha value is -1.14. The first-order chi connectivity index (χ1) is 10.1. The highest BCUT2D eigenvalue weighted by Gasteiger charge is 2.29. The van der Waals surface area contributed by atoms with Crippen molar-refractivity contribution in [1.82, 2.24) is 10.2 Å². The van der Waals surface area contributed by atoms with E-state index in [1.165, 1.54) is 0 Å². The topological polar surface area (TPSA) is 78.9 Å². The third-order valence-corrected chi connectivity index (χ3v) is 3.60. The van der Waals surface area contributed by atoms with Gasteiger partial charge in [0.1, 0.15) is 0 Å². The van der Waals surface area contributed by atoms with Gasteiger partial charge in [0.15, 0.2) is 0 Å². The predicted octanol–water partition coefficient (Wildman–Crippen LogP) is 0.681. The molecule has 0 radical (unpaired) electrons. The molecule has 122 valence electrons. The van der Waals surface area contributed by atoms with Crippen LogP contribution in [0.2, 0.25) is 0 Å². The molecule has 1 unspecified atom stereocenters. The third-order valence-electron chi connectivity index (χ3n) is 3.60. The molecule has 1 heterocycles. The zero-order valence-corrected chi connectivity index (χ0v) is 13.1. The minimum Gasteiger partial charge on any atom is -0.396 e. The number of rotatable bonds is 7. The summed E-state index contributed by atoms with van der Waals surface area (Å²) in [6, 6.07) is -0.00808. The van der Waals surface area contributed by atoms with Gasteiger partial charge in [0, 0.05) is 32.3 Å². The summed E-state index contributed by atoms with van der Waals surface area (Å²) in [6.07, 6.45) is 4.24. The van der Waals surface area contributed by atoms with E-state index in [0.717, 1.165) is 19.3 Å². The number of piperidine rings is 1. The van der Waals surface area contributed by atoms with Crippen LogP contribution in [0.5, 0.6) is 0 Å². The summed E-state index contributed by atoms with van der Waals surface area (Å²) in [5, 5.41) is 11.7. The highest BCUT2D eigenvalue weighted by molar-refractivity contribution is 6.35. The monoisotopic (exact) mass is 300 g/mol. The maximum atomic E-state index is 12.2. The van der Waals surface area contributed by atoms with Gasteiger partial charge in [-0.05, 0) is 46.0 Å². The van der Waals surface area contributed by atoms with Gasteiger partial charge in [-0.1, -0.05) is 0 Å². The largest absolute Gasteiger partial charge is 0.396 e. The summed E-state index contributed by atoms with van der Waals surface area (Å²) in [7, 11) is 0. The molecule has 1 atom stereocenters. The van der Waals surface area contributed by atoms with E-state index in [0.29, 0.717) is 32.5 Å². The van der Waals surface area contributed by atoms with Crippen LogP contribution in [-0.2, 0) is 14.3 Å². The van der Waals surface area contributed by atoms with Gasteiger partial charge in [0.25, 0.3) is 0 Å². The van der Waals surface area contributed by atoms with E-state index < -0.39 is 11.8 Å². The molecule has 2 N–H and O–H groups in total. The molecule has 0 aromatic rings. The number of hydrogen-bond donors (Lipinski definition) is 2. The fourth-order valence-corrected chi connectivity index (χ4v) is 2.52. The Kier molecular flexibility index (Phi) is 8.30. The van der Waals surface area contributed by atoms with Crippen molar-refractivity contribution in [1.29, 1.82) is 0 Å². The Bertz CT molecular complexity index is 332. The van der Waals surface area contributed by atoms with Crippen LogP contribution in [0.25, 0.3) is 0 Å². The van der Waals surface area contributed by atoms with Crippen molar-refractivity contribution in [2.24, 2.45) is 0 Å². The number of nitrogens with one attached hydrogen (secondary N) is 1. The number of hydrogen-bond acceptors (Lipinski definition) is 4. The minimum absolute atomic E-state index is 0.00808. The zero-order valence-electron chi connectivity index (χ0n) is 13.1. The van der Waals surface area contributed by atoms with Gasteiger partial charge in [-0.25, -0.2) is 0 Å². The fourth-order valence-electron chi connectivity index (χ4n) is 2.52.